The summed E-state index contributed by atoms with van der Waals surface area (Å²) in [4.78, 5) is 16.7. The number of carbonyl (C=O) groups excluding carboxylic acids is 1. The van der Waals surface area contributed by atoms with E-state index in [1.165, 1.54) is 30.5 Å². The number of aryl methyl sites for hydroxylation is 1. The first-order valence-corrected chi connectivity index (χ1v) is 9.38. The maximum atomic E-state index is 13.2. The maximum Gasteiger partial charge on any atom is 0.416 e. The van der Waals surface area contributed by atoms with E-state index in [4.69, 9.17) is 17.3 Å². The van der Waals surface area contributed by atoms with Crippen molar-refractivity contribution < 1.29 is 18.0 Å². The van der Waals surface area contributed by atoms with Crippen molar-refractivity contribution in [3.63, 3.8) is 0 Å². The van der Waals surface area contributed by atoms with Crippen LogP contribution in [0.3, 0.4) is 0 Å². The number of nitrogens with two attached hydrogens (primary N) is 1. The Balaban J connectivity index is 1.77. The molecule has 0 saturated carbocycles. The highest BCUT2D eigenvalue weighted by atomic mass is 35.5. The number of carbonyl (C=O) groups is 1. The zero-order chi connectivity index (χ0) is 21.9. The van der Waals surface area contributed by atoms with Crippen molar-refractivity contribution in [1.29, 1.82) is 0 Å². The molecule has 3 rings (SSSR count). The van der Waals surface area contributed by atoms with Crippen LogP contribution in [0.4, 0.5) is 13.2 Å². The highest BCUT2D eigenvalue weighted by Crippen LogP contribution is 2.32. The lowest BCUT2D eigenvalue weighted by atomic mass is 9.99. The monoisotopic (exact) mass is 437 g/mol. The minimum absolute atomic E-state index is 0.0356. The van der Waals surface area contributed by atoms with Crippen LogP contribution >= 0.6 is 11.6 Å². The summed E-state index contributed by atoms with van der Waals surface area (Å²) in [6, 6.07) is 7.65. The molecule has 1 atom stereocenters. The molecule has 3 N–H and O–H groups in total. The summed E-state index contributed by atoms with van der Waals surface area (Å²) in [6.07, 6.45) is -1.50. The van der Waals surface area contributed by atoms with Crippen molar-refractivity contribution in [3.8, 4) is 11.3 Å². The molecule has 0 bridgehead atoms. The van der Waals surface area contributed by atoms with Crippen LogP contribution < -0.4 is 11.1 Å². The number of hydrogen-bond acceptors (Lipinski definition) is 4. The minimum Gasteiger partial charge on any atom is -0.346 e. The Morgan fingerprint density at radius 3 is 2.63 bits per heavy atom. The van der Waals surface area contributed by atoms with Gasteiger partial charge in [-0.3, -0.25) is 14.5 Å². The summed E-state index contributed by atoms with van der Waals surface area (Å²) >= 11 is 6.30. The summed E-state index contributed by atoms with van der Waals surface area (Å²) < 4.78 is 41.2. The average Bonchev–Trinajstić information content (AvgIpc) is 3.12. The Bertz CT molecular complexity index is 1050. The second-order valence-corrected chi connectivity index (χ2v) is 7.06. The Morgan fingerprint density at radius 2 is 2.03 bits per heavy atom. The van der Waals surface area contributed by atoms with E-state index >= 15 is 0 Å². The van der Waals surface area contributed by atoms with Crippen molar-refractivity contribution in [1.82, 2.24) is 20.1 Å². The molecule has 2 aromatic heterocycles. The first kappa shape index (κ1) is 21.8. The van der Waals surface area contributed by atoms with Gasteiger partial charge in [-0.2, -0.15) is 18.3 Å². The Kier molecular flexibility index (Phi) is 6.42. The van der Waals surface area contributed by atoms with Gasteiger partial charge in [0.05, 0.1) is 16.3 Å². The molecule has 6 nitrogen and oxygen atoms in total. The van der Waals surface area contributed by atoms with E-state index in [9.17, 15) is 18.0 Å². The van der Waals surface area contributed by atoms with Gasteiger partial charge in [-0.1, -0.05) is 29.8 Å². The molecule has 158 valence electrons. The first-order valence-electron chi connectivity index (χ1n) is 9.00. The SMILES string of the molecule is Cn1nccc1-c1cnc(C(=O)N[C@@H](CN)Cc2ccccc2C(F)(F)F)cc1Cl. The lowest BCUT2D eigenvalue weighted by Gasteiger charge is -2.19. The molecule has 10 heteroatoms. The van der Waals surface area contributed by atoms with Gasteiger partial charge < -0.3 is 11.1 Å². The zero-order valence-corrected chi connectivity index (χ0v) is 16.7. The smallest absolute Gasteiger partial charge is 0.346 e. The third-order valence-corrected chi connectivity index (χ3v) is 4.90. The molecule has 1 amide bonds. The Labute approximate surface area is 175 Å². The first-order chi connectivity index (χ1) is 14.2. The second kappa shape index (κ2) is 8.85. The van der Waals surface area contributed by atoms with Crippen LogP contribution in [0.1, 0.15) is 21.6 Å². The number of hydrogen-bond donors (Lipinski definition) is 2. The molecule has 0 spiro atoms. The third kappa shape index (κ3) is 4.80. The molecule has 1 aromatic carbocycles. The lowest BCUT2D eigenvalue weighted by molar-refractivity contribution is -0.138. The number of alkyl halides is 3. The number of aromatic nitrogens is 3. The van der Waals surface area contributed by atoms with Gasteiger partial charge in [0.1, 0.15) is 5.69 Å². The molecule has 0 fully saturated rings. The summed E-state index contributed by atoms with van der Waals surface area (Å²) in [5.74, 6) is -0.576. The highest BCUT2D eigenvalue weighted by Gasteiger charge is 2.33. The molecule has 30 heavy (non-hydrogen) atoms. The molecule has 3 aromatic rings. The van der Waals surface area contributed by atoms with Crippen molar-refractivity contribution in [2.24, 2.45) is 12.8 Å². The van der Waals surface area contributed by atoms with E-state index in [-0.39, 0.29) is 24.2 Å². The number of halogens is 4. The zero-order valence-electron chi connectivity index (χ0n) is 15.9. The number of nitrogens with zero attached hydrogens (tertiary/aromatic N) is 3. The Hall–Kier alpha value is -2.91. The van der Waals surface area contributed by atoms with E-state index in [1.54, 1.807) is 24.0 Å². The molecule has 0 saturated heterocycles. The summed E-state index contributed by atoms with van der Waals surface area (Å²) in [7, 11) is 1.75. The van der Waals surface area contributed by atoms with E-state index in [0.717, 1.165) is 11.8 Å². The van der Waals surface area contributed by atoms with Gasteiger partial charge in [-0.15, -0.1) is 0 Å². The summed E-state index contributed by atoms with van der Waals surface area (Å²) in [6.45, 7) is -0.0429. The van der Waals surface area contributed by atoms with Crippen LogP contribution in [-0.4, -0.2) is 33.3 Å². The summed E-state index contributed by atoms with van der Waals surface area (Å²) in [5.41, 5.74) is 6.35. The van der Waals surface area contributed by atoms with Crippen molar-refractivity contribution in [2.45, 2.75) is 18.6 Å². The van der Waals surface area contributed by atoms with Crippen molar-refractivity contribution in [2.75, 3.05) is 6.54 Å². The normalized spacial score (nSPS) is 12.6. The fourth-order valence-corrected chi connectivity index (χ4v) is 3.32. The second-order valence-electron chi connectivity index (χ2n) is 6.65. The van der Waals surface area contributed by atoms with Crippen LogP contribution in [0.25, 0.3) is 11.3 Å². The van der Waals surface area contributed by atoms with Gasteiger partial charge in [-0.25, -0.2) is 0 Å². The number of nitrogens with one attached hydrogen (secondary N) is 1. The molecule has 2 heterocycles. The maximum absolute atomic E-state index is 13.2. The number of amides is 1. The topological polar surface area (TPSA) is 85.8 Å². The van der Waals surface area contributed by atoms with Gasteiger partial charge in [0.25, 0.3) is 5.91 Å². The van der Waals surface area contributed by atoms with Gasteiger partial charge in [0.15, 0.2) is 0 Å². The van der Waals surface area contributed by atoms with Crippen LogP contribution in [0.15, 0.2) is 48.8 Å². The van der Waals surface area contributed by atoms with Gasteiger partial charge in [-0.05, 0) is 30.2 Å². The van der Waals surface area contributed by atoms with E-state index < -0.39 is 23.7 Å². The average molecular weight is 438 g/mol. The van der Waals surface area contributed by atoms with Gasteiger partial charge in [0, 0.05) is 37.6 Å². The van der Waals surface area contributed by atoms with Crippen LogP contribution in [-0.2, 0) is 19.6 Å². The number of rotatable bonds is 6. The Morgan fingerprint density at radius 1 is 1.30 bits per heavy atom. The predicted octanol–water partition coefficient (Wildman–Crippen LogP) is 3.45. The largest absolute Gasteiger partial charge is 0.416 e. The molecule has 0 aliphatic rings. The molecule has 0 aliphatic carbocycles. The third-order valence-electron chi connectivity index (χ3n) is 4.59. The number of benzene rings is 1. The van der Waals surface area contributed by atoms with E-state index in [2.05, 4.69) is 15.4 Å². The highest BCUT2D eigenvalue weighted by molar-refractivity contribution is 6.33. The molecule has 0 aliphatic heterocycles. The molecule has 0 unspecified atom stereocenters. The standard InChI is InChI=1S/C20H19ClF3N5O/c1-29-18(6-7-27-29)14-11-26-17(9-16(14)21)19(30)28-13(10-25)8-12-4-2-3-5-15(12)20(22,23)24/h2-7,9,11,13H,8,10,25H2,1H3,(H,28,30)/t13-/m1/s1. The molecular formula is C20H19ClF3N5O. The fourth-order valence-electron chi connectivity index (χ4n) is 3.07. The van der Waals surface area contributed by atoms with Crippen LogP contribution in [0.5, 0.6) is 0 Å². The van der Waals surface area contributed by atoms with Gasteiger partial charge in [0.2, 0.25) is 0 Å². The predicted molar refractivity (Wildman–Crippen MR) is 107 cm³/mol. The van der Waals surface area contributed by atoms with Crippen molar-refractivity contribution in [3.05, 3.63) is 70.6 Å². The minimum atomic E-state index is -4.49. The molecule has 0 radical (unpaired) electrons. The van der Waals surface area contributed by atoms with Gasteiger partial charge >= 0.3 is 6.18 Å². The van der Waals surface area contributed by atoms with Crippen LogP contribution in [0.2, 0.25) is 5.02 Å². The quantitative estimate of drug-likeness (QED) is 0.618. The lowest BCUT2D eigenvalue weighted by Crippen LogP contribution is -2.42. The molecular weight excluding hydrogens is 419 g/mol. The summed E-state index contributed by atoms with van der Waals surface area (Å²) in [5, 5.41) is 6.99. The number of pyridine rings is 1. The fraction of sp³-hybridized carbons (Fsp3) is 0.250. The van der Waals surface area contributed by atoms with Crippen molar-refractivity contribution >= 4 is 17.5 Å². The van der Waals surface area contributed by atoms with E-state index in [0.29, 0.717) is 10.6 Å². The van der Waals surface area contributed by atoms with Crippen LogP contribution in [0, 0.1) is 0 Å². The van der Waals surface area contributed by atoms with E-state index in [1.807, 2.05) is 0 Å².